The third-order valence-corrected chi connectivity index (χ3v) is 6.34. The average Bonchev–Trinajstić information content (AvgIpc) is 3.17. The predicted octanol–water partition coefficient (Wildman–Crippen LogP) is 7.57. The highest BCUT2D eigenvalue weighted by molar-refractivity contribution is 6.09. The second kappa shape index (κ2) is 7.93. The van der Waals surface area contributed by atoms with E-state index >= 15 is 0 Å². The molecule has 0 aliphatic rings. The van der Waals surface area contributed by atoms with Crippen LogP contribution >= 0.6 is 0 Å². The van der Waals surface area contributed by atoms with Crippen molar-refractivity contribution in [2.75, 3.05) is 7.11 Å². The molecule has 0 unspecified atom stereocenters. The normalized spacial score (nSPS) is 11.8. The molecule has 0 aliphatic carbocycles. The van der Waals surface area contributed by atoms with Gasteiger partial charge in [0.15, 0.2) is 12.0 Å². The maximum Gasteiger partial charge on any atom is 0.150 e. The Morgan fingerprint density at radius 1 is 0.758 bits per heavy atom. The van der Waals surface area contributed by atoms with Crippen LogP contribution in [0, 0.1) is 0 Å². The van der Waals surface area contributed by atoms with Gasteiger partial charge in [0.1, 0.15) is 0 Å². The third-order valence-electron chi connectivity index (χ3n) is 6.34. The zero-order valence-corrected chi connectivity index (χ0v) is 19.4. The second-order valence-electron chi connectivity index (χ2n) is 9.40. The summed E-state index contributed by atoms with van der Waals surface area (Å²) in [4.78, 5) is 11.9. The van der Waals surface area contributed by atoms with Crippen LogP contribution < -0.4 is 4.74 Å². The fraction of sp³-hybridized carbons (Fsp3) is 0.167. The Labute approximate surface area is 194 Å². The van der Waals surface area contributed by atoms with Crippen LogP contribution in [0.1, 0.15) is 36.7 Å². The molecule has 1 aromatic heterocycles. The van der Waals surface area contributed by atoms with Crippen molar-refractivity contribution < 1.29 is 9.53 Å². The van der Waals surface area contributed by atoms with E-state index < -0.39 is 0 Å². The number of aromatic nitrogens is 1. The van der Waals surface area contributed by atoms with Crippen molar-refractivity contribution in [3.05, 3.63) is 96.1 Å². The van der Waals surface area contributed by atoms with Gasteiger partial charge in [0, 0.05) is 21.9 Å². The molecular formula is C30H27NO2. The number of aldehydes is 1. The molecule has 0 N–H and O–H groups in total. The molecule has 0 radical (unpaired) electrons. The van der Waals surface area contributed by atoms with Crippen LogP contribution in [0.3, 0.4) is 0 Å². The van der Waals surface area contributed by atoms with Gasteiger partial charge in [-0.3, -0.25) is 4.79 Å². The first-order valence-electron chi connectivity index (χ1n) is 11.2. The van der Waals surface area contributed by atoms with E-state index in [1.807, 2.05) is 24.3 Å². The van der Waals surface area contributed by atoms with Crippen molar-refractivity contribution in [3.8, 4) is 22.6 Å². The average molecular weight is 434 g/mol. The standard InChI is InChI=1S/C30H27NO2/c1-30(2,3)21-17-25(22-12-6-5-11-20(22)19-32)29(33-4)28(18-21)31-26-15-9-7-13-23(26)24-14-8-10-16-27(24)31/h5-19H,1-4H3. The highest BCUT2D eigenvalue weighted by atomic mass is 16.5. The van der Waals surface area contributed by atoms with Gasteiger partial charge in [-0.25, -0.2) is 0 Å². The summed E-state index contributed by atoms with van der Waals surface area (Å²) in [7, 11) is 1.70. The topological polar surface area (TPSA) is 31.2 Å². The van der Waals surface area contributed by atoms with Crippen LogP contribution in [-0.4, -0.2) is 18.0 Å². The van der Waals surface area contributed by atoms with Crippen molar-refractivity contribution in [1.82, 2.24) is 4.57 Å². The Bertz CT molecular complexity index is 1450. The van der Waals surface area contributed by atoms with Crippen LogP contribution in [0.4, 0.5) is 0 Å². The molecule has 0 fully saturated rings. The van der Waals surface area contributed by atoms with Crippen molar-refractivity contribution in [2.45, 2.75) is 26.2 Å². The SMILES string of the molecule is COc1c(-c2ccccc2C=O)cc(C(C)(C)C)cc1-n1c2ccccc2c2ccccc21. The minimum absolute atomic E-state index is 0.0926. The summed E-state index contributed by atoms with van der Waals surface area (Å²) in [5, 5.41) is 2.40. The summed E-state index contributed by atoms with van der Waals surface area (Å²) in [5.74, 6) is 0.754. The first-order valence-corrected chi connectivity index (χ1v) is 11.2. The van der Waals surface area contributed by atoms with Crippen LogP contribution in [0.5, 0.6) is 5.75 Å². The number of hydrogen-bond donors (Lipinski definition) is 0. The molecule has 4 aromatic carbocycles. The number of carbonyl (C=O) groups excluding carboxylic acids is 1. The largest absolute Gasteiger partial charge is 0.494 e. The Morgan fingerprint density at radius 2 is 1.33 bits per heavy atom. The van der Waals surface area contributed by atoms with Crippen molar-refractivity contribution in [3.63, 3.8) is 0 Å². The number of carbonyl (C=O) groups is 1. The number of para-hydroxylation sites is 2. The van der Waals surface area contributed by atoms with Crippen molar-refractivity contribution in [2.24, 2.45) is 0 Å². The lowest BCUT2D eigenvalue weighted by atomic mass is 9.84. The molecule has 3 nitrogen and oxygen atoms in total. The maximum atomic E-state index is 11.9. The third kappa shape index (κ3) is 3.41. The maximum absolute atomic E-state index is 11.9. The second-order valence-corrected chi connectivity index (χ2v) is 9.40. The summed E-state index contributed by atoms with van der Waals surface area (Å²) < 4.78 is 8.37. The molecule has 0 atom stereocenters. The fourth-order valence-electron chi connectivity index (χ4n) is 4.65. The number of ether oxygens (including phenoxy) is 1. The lowest BCUT2D eigenvalue weighted by Gasteiger charge is -2.25. The molecule has 1 heterocycles. The number of rotatable bonds is 4. The molecule has 3 heteroatoms. The highest BCUT2D eigenvalue weighted by Gasteiger charge is 2.24. The van der Waals surface area contributed by atoms with Gasteiger partial charge in [-0.05, 0) is 40.8 Å². The Balaban J connectivity index is 1.96. The van der Waals surface area contributed by atoms with E-state index in [0.717, 1.165) is 39.9 Å². The number of nitrogens with zero attached hydrogens (tertiary/aromatic N) is 1. The zero-order chi connectivity index (χ0) is 23.2. The van der Waals surface area contributed by atoms with E-state index in [-0.39, 0.29) is 5.41 Å². The van der Waals surface area contributed by atoms with Gasteiger partial charge >= 0.3 is 0 Å². The van der Waals surface area contributed by atoms with Gasteiger partial charge in [0.25, 0.3) is 0 Å². The van der Waals surface area contributed by atoms with E-state index in [2.05, 4.69) is 86.0 Å². The molecule has 0 amide bonds. The predicted molar refractivity (Wildman–Crippen MR) is 137 cm³/mol. The number of fused-ring (bicyclic) bond motifs is 3. The lowest BCUT2D eigenvalue weighted by molar-refractivity contribution is 0.112. The molecule has 164 valence electrons. The smallest absolute Gasteiger partial charge is 0.150 e. The van der Waals surface area contributed by atoms with Crippen LogP contribution in [-0.2, 0) is 5.41 Å². The summed E-state index contributed by atoms with van der Waals surface area (Å²) in [6.45, 7) is 6.62. The number of methoxy groups -OCH3 is 1. The fourth-order valence-corrected chi connectivity index (χ4v) is 4.65. The molecule has 0 bridgehead atoms. The van der Waals surface area contributed by atoms with Gasteiger partial charge in [-0.15, -0.1) is 0 Å². The quantitative estimate of drug-likeness (QED) is 0.274. The molecule has 0 aliphatic heterocycles. The lowest BCUT2D eigenvalue weighted by Crippen LogP contribution is -2.13. The summed E-state index contributed by atoms with van der Waals surface area (Å²) in [6.07, 6.45) is 0.915. The number of hydrogen-bond acceptors (Lipinski definition) is 2. The van der Waals surface area contributed by atoms with E-state index in [9.17, 15) is 4.79 Å². The molecule has 5 aromatic rings. The first-order chi connectivity index (χ1) is 15.9. The Morgan fingerprint density at radius 3 is 1.91 bits per heavy atom. The van der Waals surface area contributed by atoms with Crippen molar-refractivity contribution in [1.29, 1.82) is 0 Å². The highest BCUT2D eigenvalue weighted by Crippen LogP contribution is 2.43. The minimum atomic E-state index is -0.0926. The minimum Gasteiger partial charge on any atom is -0.494 e. The van der Waals surface area contributed by atoms with Crippen LogP contribution in [0.2, 0.25) is 0 Å². The van der Waals surface area contributed by atoms with E-state index in [1.54, 1.807) is 7.11 Å². The summed E-state index contributed by atoms with van der Waals surface area (Å²) >= 11 is 0. The van der Waals surface area contributed by atoms with E-state index in [4.69, 9.17) is 4.74 Å². The van der Waals surface area contributed by atoms with E-state index in [0.29, 0.717) is 5.56 Å². The molecule has 0 spiro atoms. The Hall–Kier alpha value is -3.85. The Kier molecular flexibility index (Phi) is 5.05. The molecule has 33 heavy (non-hydrogen) atoms. The summed E-state index contributed by atoms with van der Waals surface area (Å²) in [6, 6.07) is 29.0. The van der Waals surface area contributed by atoms with E-state index in [1.165, 1.54) is 16.3 Å². The summed E-state index contributed by atoms with van der Waals surface area (Å²) in [5.41, 5.74) is 6.74. The molecule has 0 saturated carbocycles. The first kappa shape index (κ1) is 21.0. The van der Waals surface area contributed by atoms with Crippen LogP contribution in [0.15, 0.2) is 84.9 Å². The van der Waals surface area contributed by atoms with Gasteiger partial charge in [0.05, 0.1) is 23.8 Å². The van der Waals surface area contributed by atoms with Crippen molar-refractivity contribution >= 4 is 28.1 Å². The molecule has 0 saturated heterocycles. The molecule has 5 rings (SSSR count). The van der Waals surface area contributed by atoms with Gasteiger partial charge in [-0.2, -0.15) is 0 Å². The van der Waals surface area contributed by atoms with Gasteiger partial charge in [-0.1, -0.05) is 81.4 Å². The molecular weight excluding hydrogens is 406 g/mol. The monoisotopic (exact) mass is 433 g/mol. The van der Waals surface area contributed by atoms with Crippen LogP contribution in [0.25, 0.3) is 38.6 Å². The van der Waals surface area contributed by atoms with Gasteiger partial charge in [0.2, 0.25) is 0 Å². The zero-order valence-electron chi connectivity index (χ0n) is 19.4. The van der Waals surface area contributed by atoms with Gasteiger partial charge < -0.3 is 9.30 Å². The number of benzene rings is 4.